The van der Waals surface area contributed by atoms with Crippen molar-refractivity contribution in [2.75, 3.05) is 7.05 Å². The van der Waals surface area contributed by atoms with Gasteiger partial charge in [-0.15, -0.1) is 0 Å². The van der Waals surface area contributed by atoms with Crippen LogP contribution in [0.25, 0.3) is 0 Å². The van der Waals surface area contributed by atoms with Crippen LogP contribution < -0.4 is 4.72 Å². The first kappa shape index (κ1) is 21.1. The van der Waals surface area contributed by atoms with Gasteiger partial charge in [0, 0.05) is 0 Å². The number of hydrogen-bond donors (Lipinski definition) is 1. The van der Waals surface area contributed by atoms with E-state index < -0.39 is 16.0 Å². The first-order valence-electron chi connectivity index (χ1n) is 8.77. The lowest BCUT2D eigenvalue weighted by Crippen LogP contribution is -2.19. The van der Waals surface area contributed by atoms with Crippen LogP contribution in [0.3, 0.4) is 0 Å². The molecule has 2 aromatic carbocycles. The van der Waals surface area contributed by atoms with Crippen LogP contribution >= 0.6 is 0 Å². The Morgan fingerprint density at radius 2 is 1.67 bits per heavy atom. The van der Waals surface area contributed by atoms with E-state index in [0.717, 1.165) is 16.7 Å². The molecule has 0 aromatic heterocycles. The Bertz CT molecular complexity index is 933. The molecule has 0 saturated carbocycles. The molecular formula is C21H27NO4S. The molecule has 5 nitrogen and oxygen atoms in total. The summed E-state index contributed by atoms with van der Waals surface area (Å²) in [6.45, 7) is 10.6. The predicted octanol–water partition coefficient (Wildman–Crippen LogP) is 3.87. The molecule has 1 N–H and O–H groups in total. The Labute approximate surface area is 161 Å². The number of hydrogen-bond acceptors (Lipinski definition) is 4. The van der Waals surface area contributed by atoms with Crippen molar-refractivity contribution in [1.29, 1.82) is 0 Å². The highest BCUT2D eigenvalue weighted by Gasteiger charge is 2.18. The van der Waals surface area contributed by atoms with E-state index in [0.29, 0.717) is 0 Å². The van der Waals surface area contributed by atoms with Crippen LogP contribution in [0, 0.1) is 13.8 Å². The lowest BCUT2D eigenvalue weighted by atomic mass is 9.84. The zero-order chi connectivity index (χ0) is 20.4. The number of carbonyl (C=O) groups is 1. The van der Waals surface area contributed by atoms with Crippen molar-refractivity contribution in [3.8, 4) is 0 Å². The quantitative estimate of drug-likeness (QED) is 0.788. The number of benzene rings is 2. The van der Waals surface area contributed by atoms with Crippen LogP contribution in [0.2, 0.25) is 0 Å². The summed E-state index contributed by atoms with van der Waals surface area (Å²) in [7, 11) is -2.28. The summed E-state index contributed by atoms with van der Waals surface area (Å²) < 4.78 is 31.5. The largest absolute Gasteiger partial charge is 0.457 e. The maximum atomic E-state index is 12.4. The van der Waals surface area contributed by atoms with Gasteiger partial charge < -0.3 is 4.74 Å². The number of ether oxygens (including phenoxy) is 1. The normalized spacial score (nSPS) is 12.1. The number of nitrogens with one attached hydrogen (secondary N) is 1. The second kappa shape index (κ2) is 7.82. The highest BCUT2D eigenvalue weighted by Crippen LogP contribution is 2.27. The minimum Gasteiger partial charge on any atom is -0.457 e. The maximum Gasteiger partial charge on any atom is 0.338 e. The maximum absolute atomic E-state index is 12.4. The standard InChI is InChI=1S/C21H27NO4S/c1-14-10-17(21(3,4)5)11-15(2)19(14)13-26-20(23)16-8-7-9-18(12-16)27(24,25)22-6/h7-12,22H,13H2,1-6H3. The molecule has 2 aromatic rings. The molecule has 27 heavy (non-hydrogen) atoms. The van der Waals surface area contributed by atoms with Gasteiger partial charge in [0.15, 0.2) is 0 Å². The third kappa shape index (κ3) is 4.96. The van der Waals surface area contributed by atoms with E-state index >= 15 is 0 Å². The van der Waals surface area contributed by atoms with Crippen LogP contribution in [-0.2, 0) is 26.8 Å². The summed E-state index contributed by atoms with van der Waals surface area (Å²) in [6, 6.07) is 10.1. The van der Waals surface area contributed by atoms with Gasteiger partial charge in [-0.1, -0.05) is 39.0 Å². The molecular weight excluding hydrogens is 362 g/mol. The molecule has 0 heterocycles. The van der Waals surface area contributed by atoms with E-state index in [4.69, 9.17) is 4.74 Å². The van der Waals surface area contributed by atoms with E-state index in [9.17, 15) is 13.2 Å². The molecule has 0 aliphatic heterocycles. The zero-order valence-corrected chi connectivity index (χ0v) is 17.5. The Balaban J connectivity index is 2.21. The van der Waals surface area contributed by atoms with Gasteiger partial charge >= 0.3 is 5.97 Å². The van der Waals surface area contributed by atoms with Gasteiger partial charge in [0.2, 0.25) is 10.0 Å². The molecule has 0 saturated heterocycles. The van der Waals surface area contributed by atoms with Gasteiger partial charge in [-0.2, -0.15) is 0 Å². The molecule has 0 aliphatic rings. The van der Waals surface area contributed by atoms with Crippen molar-refractivity contribution in [1.82, 2.24) is 4.72 Å². The smallest absolute Gasteiger partial charge is 0.338 e. The van der Waals surface area contributed by atoms with Crippen LogP contribution in [-0.4, -0.2) is 21.4 Å². The highest BCUT2D eigenvalue weighted by atomic mass is 32.2. The van der Waals surface area contributed by atoms with E-state index in [-0.39, 0.29) is 22.5 Å². The highest BCUT2D eigenvalue weighted by molar-refractivity contribution is 7.89. The van der Waals surface area contributed by atoms with Crippen LogP contribution in [0.4, 0.5) is 0 Å². The molecule has 6 heteroatoms. The summed E-state index contributed by atoms with van der Waals surface area (Å²) in [6.07, 6.45) is 0. The number of esters is 1. The Morgan fingerprint density at radius 1 is 1.07 bits per heavy atom. The third-order valence-corrected chi connectivity index (χ3v) is 5.97. The lowest BCUT2D eigenvalue weighted by Gasteiger charge is -2.22. The average molecular weight is 390 g/mol. The van der Waals surface area contributed by atoms with Crippen molar-refractivity contribution >= 4 is 16.0 Å². The lowest BCUT2D eigenvalue weighted by molar-refractivity contribution is 0.0471. The zero-order valence-electron chi connectivity index (χ0n) is 16.7. The molecule has 0 spiro atoms. The van der Waals surface area contributed by atoms with Crippen molar-refractivity contribution in [2.24, 2.45) is 0 Å². The SMILES string of the molecule is CNS(=O)(=O)c1cccc(C(=O)OCc2c(C)cc(C(C)(C)C)cc2C)c1. The number of sulfonamides is 1. The Morgan fingerprint density at radius 3 is 2.19 bits per heavy atom. The van der Waals surface area contributed by atoms with Gasteiger partial charge in [-0.05, 0) is 66.8 Å². The first-order valence-corrected chi connectivity index (χ1v) is 10.3. The molecule has 0 amide bonds. The van der Waals surface area contributed by atoms with Gasteiger partial charge in [0.05, 0.1) is 10.5 Å². The summed E-state index contributed by atoms with van der Waals surface area (Å²) in [5, 5.41) is 0. The van der Waals surface area contributed by atoms with Gasteiger partial charge in [0.25, 0.3) is 0 Å². The van der Waals surface area contributed by atoms with Crippen molar-refractivity contribution in [2.45, 2.75) is 51.5 Å². The third-order valence-electron chi connectivity index (χ3n) is 4.56. The van der Waals surface area contributed by atoms with E-state index in [1.54, 1.807) is 6.07 Å². The minimum atomic E-state index is -3.61. The summed E-state index contributed by atoms with van der Waals surface area (Å²) in [5.41, 5.74) is 4.59. The minimum absolute atomic E-state index is 0.0290. The van der Waals surface area contributed by atoms with E-state index in [1.165, 1.54) is 30.8 Å². The molecule has 2 rings (SSSR count). The fourth-order valence-electron chi connectivity index (χ4n) is 2.78. The molecule has 0 atom stereocenters. The van der Waals surface area contributed by atoms with E-state index in [2.05, 4.69) is 37.6 Å². The molecule has 0 bridgehead atoms. The summed E-state index contributed by atoms with van der Waals surface area (Å²) in [5.74, 6) is -0.554. The fraction of sp³-hybridized carbons (Fsp3) is 0.381. The Kier molecular flexibility index (Phi) is 6.12. The van der Waals surface area contributed by atoms with Gasteiger partial charge in [0.1, 0.15) is 6.61 Å². The van der Waals surface area contributed by atoms with Crippen molar-refractivity contribution in [3.05, 3.63) is 64.2 Å². The molecule has 146 valence electrons. The number of rotatable bonds is 5. The topological polar surface area (TPSA) is 72.5 Å². The van der Waals surface area contributed by atoms with Crippen LogP contribution in [0.1, 0.15) is 53.4 Å². The Hall–Kier alpha value is -2.18. The predicted molar refractivity (Wildman–Crippen MR) is 106 cm³/mol. The van der Waals surface area contributed by atoms with Crippen molar-refractivity contribution in [3.63, 3.8) is 0 Å². The fourth-order valence-corrected chi connectivity index (χ4v) is 3.56. The van der Waals surface area contributed by atoms with Gasteiger partial charge in [-0.25, -0.2) is 17.9 Å². The van der Waals surface area contributed by atoms with E-state index in [1.807, 2.05) is 13.8 Å². The van der Waals surface area contributed by atoms with Crippen LogP contribution in [0.5, 0.6) is 0 Å². The second-order valence-electron chi connectivity index (χ2n) is 7.65. The van der Waals surface area contributed by atoms with Crippen LogP contribution in [0.15, 0.2) is 41.3 Å². The van der Waals surface area contributed by atoms with Crippen molar-refractivity contribution < 1.29 is 17.9 Å². The summed E-state index contributed by atoms with van der Waals surface area (Å²) in [4.78, 5) is 12.4. The molecule has 0 fully saturated rings. The average Bonchev–Trinajstić information content (AvgIpc) is 2.60. The molecule has 0 radical (unpaired) electrons. The number of aryl methyl sites for hydroxylation is 2. The monoisotopic (exact) mass is 389 g/mol. The molecule has 0 aliphatic carbocycles. The summed E-state index contributed by atoms with van der Waals surface area (Å²) >= 11 is 0. The van der Waals surface area contributed by atoms with Gasteiger partial charge in [-0.3, -0.25) is 0 Å². The molecule has 0 unspecified atom stereocenters. The second-order valence-corrected chi connectivity index (χ2v) is 9.54. The number of carbonyl (C=O) groups excluding carboxylic acids is 1. The first-order chi connectivity index (χ1) is 12.5.